The summed E-state index contributed by atoms with van der Waals surface area (Å²) in [5.41, 5.74) is 8.54. The lowest BCUT2D eigenvalue weighted by molar-refractivity contribution is -0.132. The number of amides is 1. The van der Waals surface area contributed by atoms with Gasteiger partial charge in [-0.2, -0.15) is 5.10 Å². The number of benzene rings is 2. The standard InChI is InChI=1S/C39H39ClN8O6/c1-53-19-17-46(18-20-54-2)33(51)16-6-5-15-31(50)28-12-8-14-30-34(28)39(52)47(22-26-9-3-4-13-29(26)40)32(44-30)23-48-38-35(37(41)42-24-43-38)36(45-48)25-10-7-11-27(49)21-25/h3-4,7-12,14,21,24H,5-6,15-20,22-23H2,1-2H3,(H2-,41,42,43,45,49)/p+1. The molecule has 0 atom stereocenters. The molecule has 0 aliphatic heterocycles. The van der Waals surface area contributed by atoms with Crippen molar-refractivity contribution in [3.63, 3.8) is 0 Å². The lowest BCUT2D eigenvalue weighted by Crippen LogP contribution is -2.36. The Kier molecular flexibility index (Phi) is 12.2. The number of Topliss-reactive ketones (excluding diaryl/α,β-unsaturated/α-hetero) is 1. The molecule has 2 aromatic carbocycles. The number of aromatic nitrogens is 6. The van der Waals surface area contributed by atoms with Gasteiger partial charge >= 0.3 is 0 Å². The minimum atomic E-state index is -0.431. The van der Waals surface area contributed by atoms with Crippen LogP contribution in [0.2, 0.25) is 0 Å². The molecule has 0 spiro atoms. The van der Waals surface area contributed by atoms with Crippen LogP contribution in [0.5, 0.6) is 5.75 Å². The number of halogens is 1. The van der Waals surface area contributed by atoms with Crippen LogP contribution in [0.25, 0.3) is 33.2 Å². The SMILES string of the molecule is COCCN(CCOC)C(=O)CCCCC(=O)c1cccc2nc(Cn3nc(-c4cccc(O)c4)c4c(N)ncnc43)n(CC3=CC=C[C+]=C3Cl)c(=O)c12. The van der Waals surface area contributed by atoms with Crippen LogP contribution >= 0.6 is 11.6 Å². The zero-order valence-corrected chi connectivity index (χ0v) is 30.8. The number of nitrogens with two attached hydrogens (primary N) is 1. The molecule has 0 unspecified atom stereocenters. The number of nitrogen functional groups attached to an aromatic ring is 1. The number of carbonyl (C=O) groups is 2. The molecule has 14 nitrogen and oxygen atoms in total. The van der Waals surface area contributed by atoms with E-state index in [-0.39, 0.29) is 60.1 Å². The van der Waals surface area contributed by atoms with Crippen molar-refractivity contribution in [2.45, 2.75) is 38.8 Å². The van der Waals surface area contributed by atoms with Gasteiger partial charge in [0.1, 0.15) is 54.2 Å². The highest BCUT2D eigenvalue weighted by molar-refractivity contribution is 6.31. The van der Waals surface area contributed by atoms with Crippen molar-refractivity contribution < 1.29 is 24.2 Å². The molecule has 1 aliphatic rings. The van der Waals surface area contributed by atoms with Crippen molar-refractivity contribution in [3.8, 4) is 17.0 Å². The summed E-state index contributed by atoms with van der Waals surface area (Å²) >= 11 is 6.53. The van der Waals surface area contributed by atoms with E-state index in [9.17, 15) is 19.5 Å². The molecule has 5 aromatic rings. The van der Waals surface area contributed by atoms with Crippen molar-refractivity contribution in [3.05, 3.63) is 105 Å². The Bertz CT molecular complexity index is 2340. The third-order valence-corrected chi connectivity index (χ3v) is 9.43. The minimum Gasteiger partial charge on any atom is -0.508 e. The summed E-state index contributed by atoms with van der Waals surface area (Å²) in [7, 11) is 3.17. The number of fused-ring (bicyclic) bond motifs is 2. The highest BCUT2D eigenvalue weighted by Gasteiger charge is 2.25. The Labute approximate surface area is 316 Å². The smallest absolute Gasteiger partial charge is 0.263 e. The normalized spacial score (nSPS) is 12.5. The highest BCUT2D eigenvalue weighted by Crippen LogP contribution is 2.32. The number of hydrogen-bond donors (Lipinski definition) is 2. The van der Waals surface area contributed by atoms with Crippen LogP contribution in [-0.2, 0) is 27.4 Å². The first-order valence-corrected chi connectivity index (χ1v) is 17.8. The van der Waals surface area contributed by atoms with E-state index in [1.165, 1.54) is 10.9 Å². The van der Waals surface area contributed by atoms with Crippen LogP contribution in [0.3, 0.4) is 0 Å². The van der Waals surface area contributed by atoms with Gasteiger partial charge in [-0.25, -0.2) is 19.6 Å². The number of ether oxygens (including phenoxy) is 2. The predicted molar refractivity (Wildman–Crippen MR) is 205 cm³/mol. The van der Waals surface area contributed by atoms with Crippen molar-refractivity contribution in [1.82, 2.24) is 34.2 Å². The summed E-state index contributed by atoms with van der Waals surface area (Å²) in [4.78, 5) is 56.4. The number of methoxy groups -OCH3 is 2. The fourth-order valence-corrected chi connectivity index (χ4v) is 6.50. The van der Waals surface area contributed by atoms with Crippen LogP contribution in [0, 0.1) is 6.08 Å². The van der Waals surface area contributed by atoms with E-state index in [1.54, 1.807) is 84.5 Å². The molecule has 0 saturated carbocycles. The molecule has 1 amide bonds. The highest BCUT2D eigenvalue weighted by atomic mass is 35.5. The molecule has 3 N–H and O–H groups in total. The zero-order valence-electron chi connectivity index (χ0n) is 30.0. The van der Waals surface area contributed by atoms with E-state index in [0.717, 1.165) is 0 Å². The third kappa shape index (κ3) is 8.37. The number of phenols is 1. The van der Waals surface area contributed by atoms with E-state index in [4.69, 9.17) is 36.9 Å². The maximum absolute atomic E-state index is 14.6. The van der Waals surface area contributed by atoms with E-state index in [1.807, 2.05) is 0 Å². The average Bonchev–Trinajstić information content (AvgIpc) is 3.54. The van der Waals surface area contributed by atoms with Crippen molar-refractivity contribution in [2.24, 2.45) is 0 Å². The number of rotatable bonds is 17. The van der Waals surface area contributed by atoms with Crippen molar-refractivity contribution in [2.75, 3.05) is 46.3 Å². The fourth-order valence-electron chi connectivity index (χ4n) is 6.32. The van der Waals surface area contributed by atoms with Gasteiger partial charge in [0, 0.05) is 57.4 Å². The van der Waals surface area contributed by atoms with Crippen molar-refractivity contribution in [1.29, 1.82) is 0 Å². The molecule has 54 heavy (non-hydrogen) atoms. The molecule has 0 saturated heterocycles. The summed E-state index contributed by atoms with van der Waals surface area (Å²) < 4.78 is 13.3. The Morgan fingerprint density at radius 1 is 1.00 bits per heavy atom. The van der Waals surface area contributed by atoms with Crippen LogP contribution < -0.4 is 11.3 Å². The lowest BCUT2D eigenvalue weighted by atomic mass is 10.0. The van der Waals surface area contributed by atoms with Gasteiger partial charge in [-0.1, -0.05) is 24.3 Å². The van der Waals surface area contributed by atoms with E-state index < -0.39 is 5.56 Å². The number of unbranched alkanes of at least 4 members (excludes halogenated alkanes) is 1. The van der Waals surface area contributed by atoms with Crippen LogP contribution in [0.4, 0.5) is 5.82 Å². The van der Waals surface area contributed by atoms with Crippen molar-refractivity contribution >= 4 is 51.0 Å². The lowest BCUT2D eigenvalue weighted by Gasteiger charge is -2.22. The molecule has 3 heterocycles. The first-order valence-electron chi connectivity index (χ1n) is 17.4. The monoisotopic (exact) mass is 751 g/mol. The maximum Gasteiger partial charge on any atom is 0.263 e. The largest absolute Gasteiger partial charge is 0.508 e. The number of phenolic OH excluding ortho intramolecular Hbond substituents is 1. The number of allylic oxidation sites excluding steroid dienone is 6. The number of ketones is 1. The summed E-state index contributed by atoms with van der Waals surface area (Å²) in [5.74, 6) is 0.307. The first kappa shape index (κ1) is 38.0. The molecule has 0 fully saturated rings. The van der Waals surface area contributed by atoms with Crippen LogP contribution in [0.1, 0.15) is 41.9 Å². The van der Waals surface area contributed by atoms with Gasteiger partial charge in [0.05, 0.1) is 41.7 Å². The summed E-state index contributed by atoms with van der Waals surface area (Å²) in [6.07, 6.45) is 10.9. The van der Waals surface area contributed by atoms with Gasteiger partial charge in [-0.3, -0.25) is 19.0 Å². The molecule has 278 valence electrons. The van der Waals surface area contributed by atoms with Gasteiger partial charge in [0.2, 0.25) is 10.9 Å². The third-order valence-electron chi connectivity index (χ3n) is 9.07. The summed E-state index contributed by atoms with van der Waals surface area (Å²) in [6.45, 7) is 1.77. The number of anilines is 1. The Morgan fingerprint density at radius 3 is 2.50 bits per heavy atom. The van der Waals surface area contributed by atoms with Crippen LogP contribution in [-0.4, -0.2) is 91.5 Å². The van der Waals surface area contributed by atoms with Crippen LogP contribution in [0.15, 0.2) is 82.4 Å². The summed E-state index contributed by atoms with van der Waals surface area (Å²) in [5, 5.41) is 16.0. The number of nitrogens with zero attached hydrogens (tertiary/aromatic N) is 7. The molecule has 0 bridgehead atoms. The molecule has 15 heteroatoms. The molecule has 0 radical (unpaired) electrons. The zero-order chi connectivity index (χ0) is 38.2. The van der Waals surface area contributed by atoms with Gasteiger partial charge in [-0.15, -0.1) is 0 Å². The second kappa shape index (κ2) is 17.4. The Balaban J connectivity index is 1.33. The first-order chi connectivity index (χ1) is 26.2. The van der Waals surface area contributed by atoms with E-state index >= 15 is 0 Å². The second-order valence-electron chi connectivity index (χ2n) is 12.6. The van der Waals surface area contributed by atoms with E-state index in [2.05, 4.69) is 16.0 Å². The second-order valence-corrected chi connectivity index (χ2v) is 13.0. The number of carbonyl (C=O) groups excluding carboxylic acids is 2. The van der Waals surface area contributed by atoms with Gasteiger partial charge in [0.25, 0.3) is 5.56 Å². The van der Waals surface area contributed by atoms with Gasteiger partial charge in [-0.05, 0) is 42.6 Å². The number of hydrogen-bond acceptors (Lipinski definition) is 11. The summed E-state index contributed by atoms with van der Waals surface area (Å²) in [6, 6.07) is 11.6. The number of aromatic hydroxyl groups is 1. The minimum absolute atomic E-state index is 0.0108. The quantitative estimate of drug-likeness (QED) is 0.0755. The molecule has 3 aromatic heterocycles. The fraction of sp³-hybridized carbons (Fsp3) is 0.308. The molecular formula is C39H40ClN8O6+. The van der Waals surface area contributed by atoms with Gasteiger partial charge in [0.15, 0.2) is 11.4 Å². The van der Waals surface area contributed by atoms with Gasteiger partial charge < -0.3 is 25.2 Å². The Hall–Kier alpha value is -5.79. The average molecular weight is 752 g/mol. The predicted octanol–water partition coefficient (Wildman–Crippen LogP) is 4.83. The Morgan fingerprint density at radius 2 is 1.76 bits per heavy atom. The van der Waals surface area contributed by atoms with E-state index in [0.29, 0.717) is 83.4 Å². The maximum atomic E-state index is 14.6. The molecule has 1 aliphatic carbocycles. The molecule has 6 rings (SSSR count). The molecular weight excluding hydrogens is 712 g/mol. The topological polar surface area (TPSA) is 181 Å².